The van der Waals surface area contributed by atoms with Crippen molar-refractivity contribution in [1.29, 1.82) is 0 Å². The minimum absolute atomic E-state index is 0.0473. The van der Waals surface area contributed by atoms with Gasteiger partial charge >= 0.3 is 5.97 Å². The maximum absolute atomic E-state index is 10.9. The van der Waals surface area contributed by atoms with Crippen molar-refractivity contribution in [2.45, 2.75) is 25.2 Å². The van der Waals surface area contributed by atoms with Crippen molar-refractivity contribution in [2.75, 3.05) is 0 Å². The zero-order valence-corrected chi connectivity index (χ0v) is 10.2. The van der Waals surface area contributed by atoms with Crippen LogP contribution in [-0.4, -0.2) is 26.2 Å². The molecule has 1 fully saturated rings. The van der Waals surface area contributed by atoms with Crippen LogP contribution >= 0.6 is 0 Å². The van der Waals surface area contributed by atoms with Gasteiger partial charge in [0, 0.05) is 12.1 Å². The molecule has 6 nitrogen and oxygen atoms in total. The van der Waals surface area contributed by atoms with E-state index >= 15 is 0 Å². The molecule has 1 saturated carbocycles. The predicted octanol–water partition coefficient (Wildman–Crippen LogP) is 2.10. The second kappa shape index (κ2) is 4.79. The van der Waals surface area contributed by atoms with Crippen LogP contribution in [0.5, 0.6) is 0 Å². The minimum Gasteiger partial charge on any atom is -0.481 e. The maximum Gasteiger partial charge on any atom is 0.306 e. The van der Waals surface area contributed by atoms with Gasteiger partial charge in [0.05, 0.1) is 5.92 Å². The molecule has 0 radical (unpaired) electrons. The van der Waals surface area contributed by atoms with Gasteiger partial charge in [0.2, 0.25) is 11.7 Å². The van der Waals surface area contributed by atoms with Crippen molar-refractivity contribution >= 4 is 5.97 Å². The highest BCUT2D eigenvalue weighted by Crippen LogP contribution is 2.37. The van der Waals surface area contributed by atoms with Gasteiger partial charge in [0.15, 0.2) is 0 Å². The number of pyridine rings is 1. The van der Waals surface area contributed by atoms with E-state index in [-0.39, 0.29) is 11.8 Å². The molecule has 2 aromatic rings. The molecule has 0 spiro atoms. The fourth-order valence-electron chi connectivity index (χ4n) is 2.43. The van der Waals surface area contributed by atoms with Crippen molar-refractivity contribution in [3.63, 3.8) is 0 Å². The lowest BCUT2D eigenvalue weighted by molar-refractivity contribution is -0.141. The van der Waals surface area contributed by atoms with Crippen molar-refractivity contribution in [2.24, 2.45) is 5.92 Å². The summed E-state index contributed by atoms with van der Waals surface area (Å²) in [4.78, 5) is 19.4. The van der Waals surface area contributed by atoms with Crippen LogP contribution in [0.2, 0.25) is 0 Å². The van der Waals surface area contributed by atoms with Gasteiger partial charge in [-0.3, -0.25) is 9.78 Å². The SMILES string of the molecule is O=C(O)C1CCC(c2nc(-c3ccccn3)no2)C1. The van der Waals surface area contributed by atoms with Gasteiger partial charge in [0.1, 0.15) is 5.69 Å². The maximum atomic E-state index is 10.9. The minimum atomic E-state index is -0.744. The van der Waals surface area contributed by atoms with Crippen LogP contribution in [0.15, 0.2) is 28.9 Å². The average molecular weight is 259 g/mol. The molecular formula is C13H13N3O3. The third-order valence-corrected chi connectivity index (χ3v) is 3.47. The Hall–Kier alpha value is -2.24. The zero-order chi connectivity index (χ0) is 13.2. The standard InChI is InChI=1S/C13H13N3O3/c17-13(18)9-5-4-8(7-9)12-15-11(16-19-12)10-3-1-2-6-14-10/h1-3,6,8-9H,4-5,7H2,(H,17,18). The molecule has 2 unspecified atom stereocenters. The van der Waals surface area contributed by atoms with Crippen LogP contribution in [0.25, 0.3) is 11.5 Å². The first-order chi connectivity index (χ1) is 9.24. The number of carboxylic acids is 1. The number of nitrogens with zero attached hydrogens (tertiary/aromatic N) is 3. The molecule has 0 aliphatic heterocycles. The van der Waals surface area contributed by atoms with E-state index in [1.807, 2.05) is 18.2 Å². The van der Waals surface area contributed by atoms with Crippen LogP contribution in [-0.2, 0) is 4.79 Å². The molecule has 3 rings (SSSR count). The topological polar surface area (TPSA) is 89.1 Å². The molecule has 19 heavy (non-hydrogen) atoms. The summed E-state index contributed by atoms with van der Waals surface area (Å²) < 4.78 is 5.24. The van der Waals surface area contributed by atoms with Gasteiger partial charge < -0.3 is 9.63 Å². The Kier molecular flexibility index (Phi) is 2.98. The first-order valence-electron chi connectivity index (χ1n) is 6.22. The van der Waals surface area contributed by atoms with Crippen molar-refractivity contribution in [3.05, 3.63) is 30.3 Å². The Morgan fingerprint density at radius 3 is 2.95 bits per heavy atom. The quantitative estimate of drug-likeness (QED) is 0.907. The number of rotatable bonds is 3. The van der Waals surface area contributed by atoms with Crippen molar-refractivity contribution < 1.29 is 14.4 Å². The van der Waals surface area contributed by atoms with Crippen LogP contribution in [0, 0.1) is 5.92 Å². The second-order valence-corrected chi connectivity index (χ2v) is 4.72. The van der Waals surface area contributed by atoms with E-state index in [4.69, 9.17) is 9.63 Å². The van der Waals surface area contributed by atoms with Crippen molar-refractivity contribution in [3.8, 4) is 11.5 Å². The monoisotopic (exact) mass is 259 g/mol. The van der Waals surface area contributed by atoms with E-state index in [0.29, 0.717) is 30.3 Å². The lowest BCUT2D eigenvalue weighted by Crippen LogP contribution is -2.09. The van der Waals surface area contributed by atoms with E-state index in [1.165, 1.54) is 0 Å². The Balaban J connectivity index is 1.78. The molecular weight excluding hydrogens is 246 g/mol. The van der Waals surface area contributed by atoms with Gasteiger partial charge in [-0.1, -0.05) is 11.2 Å². The van der Waals surface area contributed by atoms with Gasteiger partial charge in [-0.25, -0.2) is 0 Å². The molecule has 0 amide bonds. The Bertz CT molecular complexity index is 582. The summed E-state index contributed by atoms with van der Waals surface area (Å²) in [5.41, 5.74) is 0.658. The number of carboxylic acid groups (broad SMARTS) is 1. The van der Waals surface area contributed by atoms with Crippen LogP contribution < -0.4 is 0 Å². The molecule has 2 heterocycles. The van der Waals surface area contributed by atoms with Crippen LogP contribution in [0.3, 0.4) is 0 Å². The van der Waals surface area contributed by atoms with Gasteiger partial charge in [-0.15, -0.1) is 0 Å². The summed E-state index contributed by atoms with van der Waals surface area (Å²) in [6.07, 6.45) is 3.68. The molecule has 6 heteroatoms. The Morgan fingerprint density at radius 1 is 1.37 bits per heavy atom. The molecule has 1 aliphatic rings. The van der Waals surface area contributed by atoms with Crippen LogP contribution in [0.4, 0.5) is 0 Å². The molecule has 1 N–H and O–H groups in total. The first kappa shape index (κ1) is 11.8. The summed E-state index contributed by atoms with van der Waals surface area (Å²) in [6, 6.07) is 5.48. The van der Waals surface area contributed by atoms with E-state index in [1.54, 1.807) is 6.20 Å². The number of carbonyl (C=O) groups is 1. The molecule has 0 saturated heterocycles. The third-order valence-electron chi connectivity index (χ3n) is 3.47. The fourth-order valence-corrected chi connectivity index (χ4v) is 2.43. The predicted molar refractivity (Wildman–Crippen MR) is 65.2 cm³/mol. The smallest absolute Gasteiger partial charge is 0.306 e. The van der Waals surface area contributed by atoms with E-state index in [0.717, 1.165) is 6.42 Å². The third kappa shape index (κ3) is 2.33. The lowest BCUT2D eigenvalue weighted by atomic mass is 10.1. The number of aromatic nitrogens is 3. The zero-order valence-electron chi connectivity index (χ0n) is 10.2. The molecule has 0 bridgehead atoms. The summed E-state index contributed by atoms with van der Waals surface area (Å²) >= 11 is 0. The summed E-state index contributed by atoms with van der Waals surface area (Å²) in [5.74, 6) is -0.0213. The number of aliphatic carboxylic acids is 1. The van der Waals surface area contributed by atoms with E-state index in [9.17, 15) is 4.79 Å². The first-order valence-corrected chi connectivity index (χ1v) is 6.22. The van der Waals surface area contributed by atoms with E-state index in [2.05, 4.69) is 15.1 Å². The van der Waals surface area contributed by atoms with Crippen molar-refractivity contribution in [1.82, 2.24) is 15.1 Å². The number of hydrogen-bond acceptors (Lipinski definition) is 5. The highest BCUT2D eigenvalue weighted by atomic mass is 16.5. The number of hydrogen-bond donors (Lipinski definition) is 1. The van der Waals surface area contributed by atoms with Gasteiger partial charge in [-0.05, 0) is 31.4 Å². The largest absolute Gasteiger partial charge is 0.481 e. The van der Waals surface area contributed by atoms with E-state index < -0.39 is 5.97 Å². The molecule has 1 aliphatic carbocycles. The normalized spacial score (nSPS) is 22.5. The van der Waals surface area contributed by atoms with Crippen LogP contribution in [0.1, 0.15) is 31.1 Å². The molecule has 2 atom stereocenters. The lowest BCUT2D eigenvalue weighted by Gasteiger charge is -2.02. The van der Waals surface area contributed by atoms with Gasteiger partial charge in [0.25, 0.3) is 0 Å². The highest BCUT2D eigenvalue weighted by Gasteiger charge is 2.33. The average Bonchev–Trinajstić information content (AvgIpc) is 3.09. The van der Waals surface area contributed by atoms with Gasteiger partial charge in [-0.2, -0.15) is 4.98 Å². The summed E-state index contributed by atoms with van der Waals surface area (Å²) in [7, 11) is 0. The molecule has 2 aromatic heterocycles. The Morgan fingerprint density at radius 2 is 2.26 bits per heavy atom. The molecule has 0 aromatic carbocycles. The molecule has 98 valence electrons. The Labute approximate surface area is 109 Å². The fraction of sp³-hybridized carbons (Fsp3) is 0.385. The highest BCUT2D eigenvalue weighted by molar-refractivity contribution is 5.70. The summed E-state index contributed by atoms with van der Waals surface area (Å²) in [6.45, 7) is 0. The summed E-state index contributed by atoms with van der Waals surface area (Å²) in [5, 5.41) is 12.9. The second-order valence-electron chi connectivity index (χ2n) is 4.72.